The van der Waals surface area contributed by atoms with Crippen LogP contribution in [-0.2, 0) is 19.6 Å². The number of methoxy groups -OCH3 is 1. The molecule has 2 heterocycles. The molecule has 3 N–H and O–H groups in total. The van der Waals surface area contributed by atoms with Crippen molar-refractivity contribution in [3.05, 3.63) is 18.2 Å². The third-order valence-corrected chi connectivity index (χ3v) is 7.66. The molecular weight excluding hydrogens is 408 g/mol. The molecule has 3 rings (SSSR count). The molecule has 0 atom stereocenters. The molecule has 2 saturated heterocycles. The van der Waals surface area contributed by atoms with Crippen molar-refractivity contribution < 1.29 is 22.7 Å². The van der Waals surface area contributed by atoms with Crippen molar-refractivity contribution in [2.24, 2.45) is 11.7 Å². The SMILES string of the molecule is COc1ccc(NC(=O)CN2CCC(C(N)=O)CC2)cc1S(=O)(=O)N1CCCCC1. The number of amides is 2. The van der Waals surface area contributed by atoms with Crippen LogP contribution >= 0.6 is 0 Å². The summed E-state index contributed by atoms with van der Waals surface area (Å²) >= 11 is 0. The molecule has 166 valence electrons. The van der Waals surface area contributed by atoms with Crippen LogP contribution in [0.3, 0.4) is 0 Å². The number of hydrogen-bond acceptors (Lipinski definition) is 6. The van der Waals surface area contributed by atoms with Crippen molar-refractivity contribution in [3.8, 4) is 5.75 Å². The number of likely N-dealkylation sites (tertiary alicyclic amines) is 1. The van der Waals surface area contributed by atoms with Gasteiger partial charge in [0.25, 0.3) is 0 Å². The minimum atomic E-state index is -3.70. The summed E-state index contributed by atoms with van der Waals surface area (Å²) in [6, 6.07) is 4.65. The van der Waals surface area contributed by atoms with Crippen LogP contribution in [0.2, 0.25) is 0 Å². The van der Waals surface area contributed by atoms with Crippen LogP contribution in [0.25, 0.3) is 0 Å². The normalized spacial score (nSPS) is 19.4. The van der Waals surface area contributed by atoms with Crippen molar-refractivity contribution in [2.45, 2.75) is 37.0 Å². The maximum atomic E-state index is 13.1. The van der Waals surface area contributed by atoms with E-state index in [0.717, 1.165) is 19.3 Å². The number of primary amides is 1. The fourth-order valence-corrected chi connectivity index (χ4v) is 5.68. The second-order valence-corrected chi connectivity index (χ2v) is 9.74. The molecule has 0 saturated carbocycles. The largest absolute Gasteiger partial charge is 0.495 e. The fraction of sp³-hybridized carbons (Fsp3) is 0.600. The minimum Gasteiger partial charge on any atom is -0.495 e. The lowest BCUT2D eigenvalue weighted by Gasteiger charge is -2.29. The number of benzene rings is 1. The molecule has 30 heavy (non-hydrogen) atoms. The predicted molar refractivity (Wildman–Crippen MR) is 113 cm³/mol. The van der Waals surface area contributed by atoms with Gasteiger partial charge in [-0.25, -0.2) is 8.42 Å². The Morgan fingerprint density at radius 1 is 1.13 bits per heavy atom. The van der Waals surface area contributed by atoms with Crippen LogP contribution in [0.4, 0.5) is 5.69 Å². The van der Waals surface area contributed by atoms with E-state index >= 15 is 0 Å². The average Bonchev–Trinajstić information content (AvgIpc) is 2.74. The van der Waals surface area contributed by atoms with Crippen LogP contribution in [0, 0.1) is 5.92 Å². The predicted octanol–water partition coefficient (Wildman–Crippen LogP) is 1.01. The third-order valence-electron chi connectivity index (χ3n) is 5.74. The van der Waals surface area contributed by atoms with Gasteiger partial charge in [-0.2, -0.15) is 4.31 Å². The van der Waals surface area contributed by atoms with E-state index in [4.69, 9.17) is 10.5 Å². The van der Waals surface area contributed by atoms with Crippen LogP contribution in [-0.4, -0.2) is 69.3 Å². The Morgan fingerprint density at radius 2 is 1.80 bits per heavy atom. The quantitative estimate of drug-likeness (QED) is 0.655. The molecule has 2 aliphatic heterocycles. The molecule has 1 aromatic rings. The van der Waals surface area contributed by atoms with Crippen LogP contribution in [0.15, 0.2) is 23.1 Å². The monoisotopic (exact) mass is 438 g/mol. The van der Waals surface area contributed by atoms with Gasteiger partial charge in [0.2, 0.25) is 21.8 Å². The highest BCUT2D eigenvalue weighted by Gasteiger charge is 2.29. The standard InChI is InChI=1S/C20H30N4O5S/c1-29-17-6-5-16(13-18(17)30(27,28)24-9-3-2-4-10-24)22-19(25)14-23-11-7-15(8-12-23)20(21)26/h5-6,13,15H,2-4,7-12,14H2,1H3,(H2,21,26)(H,22,25). The summed E-state index contributed by atoms with van der Waals surface area (Å²) in [4.78, 5) is 25.8. The number of nitrogens with one attached hydrogen (secondary N) is 1. The van der Waals surface area contributed by atoms with E-state index in [1.807, 2.05) is 4.90 Å². The lowest BCUT2D eigenvalue weighted by Crippen LogP contribution is -2.42. The lowest BCUT2D eigenvalue weighted by molar-refractivity contribution is -0.123. The van der Waals surface area contributed by atoms with Crippen LogP contribution in [0.5, 0.6) is 5.75 Å². The molecule has 2 fully saturated rings. The summed E-state index contributed by atoms with van der Waals surface area (Å²) in [5.41, 5.74) is 5.75. The third kappa shape index (κ3) is 5.30. The van der Waals surface area contributed by atoms with Gasteiger partial charge in [-0.05, 0) is 57.0 Å². The van der Waals surface area contributed by atoms with E-state index in [1.54, 1.807) is 12.1 Å². The number of carbonyl (C=O) groups excluding carboxylic acids is 2. The molecular formula is C20H30N4O5S. The molecule has 0 unspecified atom stereocenters. The first-order valence-electron chi connectivity index (χ1n) is 10.3. The maximum absolute atomic E-state index is 13.1. The summed E-state index contributed by atoms with van der Waals surface area (Å²) in [6.45, 7) is 2.40. The molecule has 0 bridgehead atoms. The zero-order chi connectivity index (χ0) is 21.7. The summed E-state index contributed by atoms with van der Waals surface area (Å²) in [5.74, 6) is -0.403. The zero-order valence-corrected chi connectivity index (χ0v) is 18.1. The smallest absolute Gasteiger partial charge is 0.246 e. The molecule has 0 spiro atoms. The van der Waals surface area contributed by atoms with Gasteiger partial charge in [0.15, 0.2) is 0 Å². The van der Waals surface area contributed by atoms with Gasteiger partial charge in [0, 0.05) is 24.7 Å². The minimum absolute atomic E-state index is 0.0620. The highest BCUT2D eigenvalue weighted by atomic mass is 32.2. The molecule has 0 radical (unpaired) electrons. The van der Waals surface area contributed by atoms with Gasteiger partial charge in [0.05, 0.1) is 13.7 Å². The number of sulfonamides is 1. The maximum Gasteiger partial charge on any atom is 0.246 e. The van der Waals surface area contributed by atoms with E-state index < -0.39 is 10.0 Å². The number of rotatable bonds is 7. The Kier molecular flexibility index (Phi) is 7.32. The summed E-state index contributed by atoms with van der Waals surface area (Å²) in [7, 11) is -2.27. The van der Waals surface area contributed by atoms with Crippen molar-refractivity contribution in [1.82, 2.24) is 9.21 Å². The number of ether oxygens (including phenoxy) is 1. The van der Waals surface area contributed by atoms with E-state index in [1.165, 1.54) is 17.5 Å². The summed E-state index contributed by atoms with van der Waals surface area (Å²) in [6.07, 6.45) is 3.98. The Hall–Kier alpha value is -2.17. The highest BCUT2D eigenvalue weighted by Crippen LogP contribution is 2.31. The van der Waals surface area contributed by atoms with Gasteiger partial charge in [0.1, 0.15) is 10.6 Å². The molecule has 1 aromatic carbocycles. The Bertz CT molecular complexity index is 875. The summed E-state index contributed by atoms with van der Waals surface area (Å²) < 4.78 is 32.9. The molecule has 0 aromatic heterocycles. The molecule has 0 aliphatic carbocycles. The topological polar surface area (TPSA) is 122 Å². The first-order valence-corrected chi connectivity index (χ1v) is 11.7. The first-order chi connectivity index (χ1) is 14.3. The first kappa shape index (κ1) is 22.5. The van der Waals surface area contributed by atoms with Crippen LogP contribution in [0.1, 0.15) is 32.1 Å². The number of nitrogens with zero attached hydrogens (tertiary/aromatic N) is 2. The van der Waals surface area contributed by atoms with Crippen molar-refractivity contribution in [3.63, 3.8) is 0 Å². The lowest BCUT2D eigenvalue weighted by atomic mass is 9.96. The van der Waals surface area contributed by atoms with E-state index in [9.17, 15) is 18.0 Å². The Morgan fingerprint density at radius 3 is 2.40 bits per heavy atom. The Balaban J connectivity index is 1.67. The molecule has 2 aliphatic rings. The second-order valence-electron chi connectivity index (χ2n) is 7.83. The van der Waals surface area contributed by atoms with E-state index in [0.29, 0.717) is 44.7 Å². The second kappa shape index (κ2) is 9.76. The van der Waals surface area contributed by atoms with E-state index in [2.05, 4.69) is 5.32 Å². The van der Waals surface area contributed by atoms with Gasteiger partial charge < -0.3 is 15.8 Å². The van der Waals surface area contributed by atoms with Crippen molar-refractivity contribution >= 4 is 27.5 Å². The van der Waals surface area contributed by atoms with Crippen LogP contribution < -0.4 is 15.8 Å². The van der Waals surface area contributed by atoms with Gasteiger partial charge >= 0.3 is 0 Å². The number of carbonyl (C=O) groups is 2. The summed E-state index contributed by atoms with van der Waals surface area (Å²) in [5, 5.41) is 2.78. The molecule has 10 heteroatoms. The van der Waals surface area contributed by atoms with Gasteiger partial charge in [-0.1, -0.05) is 6.42 Å². The highest BCUT2D eigenvalue weighted by molar-refractivity contribution is 7.89. The van der Waals surface area contributed by atoms with Gasteiger partial charge in [-0.3, -0.25) is 14.5 Å². The van der Waals surface area contributed by atoms with Gasteiger partial charge in [-0.15, -0.1) is 0 Å². The fourth-order valence-electron chi connectivity index (χ4n) is 3.98. The number of hydrogen-bond donors (Lipinski definition) is 2. The number of nitrogens with two attached hydrogens (primary N) is 1. The molecule has 9 nitrogen and oxygen atoms in total. The number of piperidine rings is 2. The zero-order valence-electron chi connectivity index (χ0n) is 17.3. The average molecular weight is 439 g/mol. The van der Waals surface area contributed by atoms with E-state index in [-0.39, 0.29) is 34.9 Å². The number of anilines is 1. The molecule has 2 amide bonds. The Labute approximate surface area is 177 Å². The van der Waals surface area contributed by atoms with Crippen molar-refractivity contribution in [2.75, 3.05) is 45.2 Å². The van der Waals surface area contributed by atoms with Crippen molar-refractivity contribution in [1.29, 1.82) is 0 Å².